The molecule has 22 heavy (non-hydrogen) atoms. The highest BCUT2D eigenvalue weighted by molar-refractivity contribution is 5.95. The molecule has 2 heterocycles. The number of aromatic nitrogens is 2. The van der Waals surface area contributed by atoms with E-state index in [0.717, 1.165) is 10.9 Å². The van der Waals surface area contributed by atoms with E-state index in [2.05, 4.69) is 10.4 Å². The molecular weight excluding hydrogens is 299 g/mol. The quantitative estimate of drug-likeness (QED) is 0.911. The summed E-state index contributed by atoms with van der Waals surface area (Å²) in [5.74, 6) is -0.741. The minimum Gasteiger partial charge on any atom is -0.381 e. The summed E-state index contributed by atoms with van der Waals surface area (Å²) >= 11 is 0. The highest BCUT2D eigenvalue weighted by Crippen LogP contribution is 2.34. The van der Waals surface area contributed by atoms with Crippen molar-refractivity contribution in [1.82, 2.24) is 15.1 Å². The van der Waals surface area contributed by atoms with Crippen molar-refractivity contribution in [3.05, 3.63) is 17.5 Å². The third kappa shape index (κ3) is 3.60. The van der Waals surface area contributed by atoms with Crippen LogP contribution < -0.4 is 5.32 Å². The van der Waals surface area contributed by atoms with E-state index >= 15 is 0 Å². The number of halogens is 3. The largest absolute Gasteiger partial charge is 0.433 e. The van der Waals surface area contributed by atoms with E-state index in [9.17, 15) is 18.0 Å². The molecule has 1 amide bonds. The number of hydrogen-bond donors (Lipinski definition) is 1. The van der Waals surface area contributed by atoms with Gasteiger partial charge in [-0.15, -0.1) is 0 Å². The molecule has 124 valence electrons. The van der Waals surface area contributed by atoms with E-state index in [-0.39, 0.29) is 6.04 Å². The van der Waals surface area contributed by atoms with Gasteiger partial charge in [-0.1, -0.05) is 0 Å². The highest BCUT2D eigenvalue weighted by atomic mass is 19.4. The smallest absolute Gasteiger partial charge is 0.381 e. The second-order valence-electron chi connectivity index (χ2n) is 6.35. The van der Waals surface area contributed by atoms with Gasteiger partial charge in [0.05, 0.1) is 17.3 Å². The van der Waals surface area contributed by atoms with Crippen molar-refractivity contribution >= 4 is 5.91 Å². The van der Waals surface area contributed by atoms with Gasteiger partial charge in [-0.3, -0.25) is 9.48 Å². The molecule has 0 saturated carbocycles. The first kappa shape index (κ1) is 16.8. The molecule has 1 aromatic heterocycles. The Morgan fingerprint density at radius 3 is 2.41 bits per heavy atom. The van der Waals surface area contributed by atoms with Gasteiger partial charge in [0.1, 0.15) is 0 Å². The topological polar surface area (TPSA) is 56.2 Å². The summed E-state index contributed by atoms with van der Waals surface area (Å²) in [6.45, 7) is 5.82. The van der Waals surface area contributed by atoms with Crippen LogP contribution in [0, 0.1) is 0 Å². The fourth-order valence-electron chi connectivity index (χ4n) is 2.40. The van der Waals surface area contributed by atoms with Gasteiger partial charge in [0.25, 0.3) is 5.91 Å². The van der Waals surface area contributed by atoms with Gasteiger partial charge in [-0.2, -0.15) is 18.3 Å². The van der Waals surface area contributed by atoms with E-state index in [0.29, 0.717) is 26.1 Å². The van der Waals surface area contributed by atoms with Gasteiger partial charge < -0.3 is 10.1 Å². The first-order valence-corrected chi connectivity index (χ1v) is 7.15. The Balaban J connectivity index is 2.30. The zero-order chi connectivity index (χ0) is 16.5. The van der Waals surface area contributed by atoms with Crippen molar-refractivity contribution in [1.29, 1.82) is 0 Å². The zero-order valence-electron chi connectivity index (χ0n) is 12.8. The first-order chi connectivity index (χ1) is 10.1. The molecule has 0 aromatic carbocycles. The minimum absolute atomic E-state index is 0.166. The summed E-state index contributed by atoms with van der Waals surface area (Å²) in [5.41, 5.74) is -2.32. The van der Waals surface area contributed by atoms with Gasteiger partial charge in [-0.25, -0.2) is 0 Å². The number of amides is 1. The van der Waals surface area contributed by atoms with Crippen molar-refractivity contribution in [2.45, 2.75) is 51.4 Å². The monoisotopic (exact) mass is 319 g/mol. The maximum absolute atomic E-state index is 13.4. The van der Waals surface area contributed by atoms with Crippen LogP contribution in [0.15, 0.2) is 6.20 Å². The minimum atomic E-state index is -4.65. The molecule has 1 N–H and O–H groups in total. The van der Waals surface area contributed by atoms with Crippen LogP contribution >= 0.6 is 0 Å². The van der Waals surface area contributed by atoms with Gasteiger partial charge >= 0.3 is 6.18 Å². The average Bonchev–Trinajstić information content (AvgIpc) is 2.84. The zero-order valence-corrected chi connectivity index (χ0v) is 12.8. The lowest BCUT2D eigenvalue weighted by Crippen LogP contribution is -2.40. The number of ether oxygens (including phenoxy) is 1. The van der Waals surface area contributed by atoms with Crippen LogP contribution in [0.4, 0.5) is 13.2 Å². The lowest BCUT2D eigenvalue weighted by Gasteiger charge is -2.25. The molecule has 1 aliphatic rings. The Morgan fingerprint density at radius 2 is 1.91 bits per heavy atom. The van der Waals surface area contributed by atoms with Crippen molar-refractivity contribution in [2.75, 3.05) is 13.2 Å². The Morgan fingerprint density at radius 1 is 1.32 bits per heavy atom. The van der Waals surface area contributed by atoms with Gasteiger partial charge in [-0.05, 0) is 33.6 Å². The Bertz CT molecular complexity index is 541. The number of rotatable bonds is 2. The molecule has 1 aromatic rings. The number of carbonyl (C=O) groups is 1. The third-order valence-electron chi connectivity index (χ3n) is 3.47. The standard InChI is InChI=1S/C14H20F3N3O2/c1-13(2,3)20-11(14(15,16)17)10(8-18-20)12(21)19-9-4-6-22-7-5-9/h8-9H,4-7H2,1-3H3,(H,19,21). The van der Waals surface area contributed by atoms with Crippen LogP contribution in [0.25, 0.3) is 0 Å². The third-order valence-corrected chi connectivity index (χ3v) is 3.47. The Hall–Kier alpha value is -1.57. The predicted molar refractivity (Wildman–Crippen MR) is 73.5 cm³/mol. The van der Waals surface area contributed by atoms with Gasteiger partial charge in [0.15, 0.2) is 5.69 Å². The van der Waals surface area contributed by atoms with E-state index < -0.39 is 28.9 Å². The normalized spacial score (nSPS) is 17.5. The van der Waals surface area contributed by atoms with Crippen LogP contribution in [0.1, 0.15) is 49.7 Å². The maximum Gasteiger partial charge on any atom is 0.433 e. The molecule has 8 heteroatoms. The summed E-state index contributed by atoms with van der Waals surface area (Å²) < 4.78 is 46.1. The Kier molecular flexibility index (Phi) is 4.51. The molecular formula is C14H20F3N3O2. The Labute approximate surface area is 126 Å². The number of carbonyl (C=O) groups excluding carboxylic acids is 1. The number of alkyl halides is 3. The molecule has 1 fully saturated rings. The number of nitrogens with zero attached hydrogens (tertiary/aromatic N) is 2. The van der Waals surface area contributed by atoms with Crippen molar-refractivity contribution in [3.8, 4) is 0 Å². The van der Waals surface area contributed by atoms with E-state index in [1.807, 2.05) is 0 Å². The highest BCUT2D eigenvalue weighted by Gasteiger charge is 2.42. The first-order valence-electron chi connectivity index (χ1n) is 7.15. The summed E-state index contributed by atoms with van der Waals surface area (Å²) in [5, 5.41) is 6.42. The molecule has 5 nitrogen and oxygen atoms in total. The molecule has 0 aliphatic carbocycles. The van der Waals surface area contributed by atoms with Crippen LogP contribution in [-0.4, -0.2) is 34.9 Å². The number of nitrogens with one attached hydrogen (secondary N) is 1. The molecule has 1 aliphatic heterocycles. The lowest BCUT2D eigenvalue weighted by atomic mass is 10.1. The second kappa shape index (κ2) is 5.91. The van der Waals surface area contributed by atoms with E-state index in [1.54, 1.807) is 20.8 Å². The molecule has 1 saturated heterocycles. The second-order valence-corrected chi connectivity index (χ2v) is 6.35. The average molecular weight is 319 g/mol. The summed E-state index contributed by atoms with van der Waals surface area (Å²) in [6.07, 6.45) is -2.46. The number of hydrogen-bond acceptors (Lipinski definition) is 3. The summed E-state index contributed by atoms with van der Waals surface area (Å²) in [4.78, 5) is 12.2. The predicted octanol–water partition coefficient (Wildman–Crippen LogP) is 2.57. The molecule has 2 rings (SSSR count). The molecule has 0 atom stereocenters. The van der Waals surface area contributed by atoms with Gasteiger partial charge in [0.2, 0.25) is 0 Å². The van der Waals surface area contributed by atoms with Crippen molar-refractivity contribution in [2.24, 2.45) is 0 Å². The van der Waals surface area contributed by atoms with Crippen LogP contribution in [0.3, 0.4) is 0 Å². The fraction of sp³-hybridized carbons (Fsp3) is 0.714. The lowest BCUT2D eigenvalue weighted by molar-refractivity contribution is -0.146. The molecule has 0 unspecified atom stereocenters. The van der Waals surface area contributed by atoms with Gasteiger partial charge in [0, 0.05) is 19.3 Å². The molecule has 0 radical (unpaired) electrons. The molecule has 0 bridgehead atoms. The summed E-state index contributed by atoms with van der Waals surface area (Å²) in [6, 6.07) is -0.166. The molecule has 0 spiro atoms. The van der Waals surface area contributed by atoms with E-state index in [1.165, 1.54) is 0 Å². The van der Waals surface area contributed by atoms with Crippen LogP contribution in [0.2, 0.25) is 0 Å². The maximum atomic E-state index is 13.4. The van der Waals surface area contributed by atoms with E-state index in [4.69, 9.17) is 4.74 Å². The van der Waals surface area contributed by atoms with Crippen molar-refractivity contribution in [3.63, 3.8) is 0 Å². The SMILES string of the molecule is CC(C)(C)n1ncc(C(=O)NC2CCOCC2)c1C(F)(F)F. The summed E-state index contributed by atoms with van der Waals surface area (Å²) in [7, 11) is 0. The fourth-order valence-corrected chi connectivity index (χ4v) is 2.40. The van der Waals surface area contributed by atoms with Crippen LogP contribution in [0.5, 0.6) is 0 Å². The van der Waals surface area contributed by atoms with Crippen LogP contribution in [-0.2, 0) is 16.5 Å². The van der Waals surface area contributed by atoms with Crippen molar-refractivity contribution < 1.29 is 22.7 Å².